The Morgan fingerprint density at radius 2 is 1.82 bits per heavy atom. The number of rotatable bonds is 5. The van der Waals surface area contributed by atoms with Gasteiger partial charge in [-0.3, -0.25) is 4.79 Å². The lowest BCUT2D eigenvalue weighted by Crippen LogP contribution is -2.48. The van der Waals surface area contributed by atoms with Crippen LogP contribution < -0.4 is 5.32 Å². The minimum atomic E-state index is 0.0348. The first-order valence-corrected chi connectivity index (χ1v) is 9.11. The number of Topliss-reactive ketones (excluding diaryl/α,β-unsaturated/α-hetero) is 1. The Kier molecular flexibility index (Phi) is 6.71. The molecule has 0 radical (unpaired) electrons. The molecular formula is C18H32N2O2. The molecule has 1 saturated carbocycles. The van der Waals surface area contributed by atoms with Crippen molar-refractivity contribution >= 4 is 11.8 Å². The summed E-state index contributed by atoms with van der Waals surface area (Å²) in [6.45, 7) is 6.37. The summed E-state index contributed by atoms with van der Waals surface area (Å²) >= 11 is 0. The van der Waals surface area contributed by atoms with Crippen molar-refractivity contribution in [3.8, 4) is 0 Å². The number of urea groups is 1. The van der Waals surface area contributed by atoms with Crippen LogP contribution in [0.4, 0.5) is 4.79 Å². The number of piperidine rings is 1. The van der Waals surface area contributed by atoms with Crippen molar-refractivity contribution < 1.29 is 9.59 Å². The van der Waals surface area contributed by atoms with Gasteiger partial charge in [-0.1, -0.05) is 33.1 Å². The van der Waals surface area contributed by atoms with E-state index in [1.807, 2.05) is 4.90 Å². The van der Waals surface area contributed by atoms with Crippen molar-refractivity contribution in [1.82, 2.24) is 10.2 Å². The molecule has 1 aliphatic carbocycles. The molecule has 0 bridgehead atoms. The second-order valence-electron chi connectivity index (χ2n) is 7.54. The van der Waals surface area contributed by atoms with E-state index in [0.717, 1.165) is 25.9 Å². The van der Waals surface area contributed by atoms with Crippen LogP contribution in [0.25, 0.3) is 0 Å². The Morgan fingerprint density at radius 3 is 2.50 bits per heavy atom. The van der Waals surface area contributed by atoms with Gasteiger partial charge in [0.15, 0.2) is 0 Å². The minimum Gasteiger partial charge on any atom is -0.338 e. The van der Waals surface area contributed by atoms with Crippen molar-refractivity contribution in [1.29, 1.82) is 0 Å². The summed E-state index contributed by atoms with van der Waals surface area (Å²) in [5.41, 5.74) is 0. The Labute approximate surface area is 135 Å². The van der Waals surface area contributed by atoms with Crippen LogP contribution in [0.3, 0.4) is 0 Å². The van der Waals surface area contributed by atoms with Gasteiger partial charge < -0.3 is 10.2 Å². The van der Waals surface area contributed by atoms with Crippen LogP contribution in [0.1, 0.15) is 65.2 Å². The Bertz CT molecular complexity index is 375. The molecule has 1 unspecified atom stereocenters. The maximum atomic E-state index is 12.3. The molecule has 0 aromatic carbocycles. The smallest absolute Gasteiger partial charge is 0.317 e. The number of carbonyl (C=O) groups is 2. The Balaban J connectivity index is 1.75. The lowest BCUT2D eigenvalue weighted by atomic mass is 9.89. The van der Waals surface area contributed by atoms with E-state index in [2.05, 4.69) is 19.2 Å². The zero-order chi connectivity index (χ0) is 15.9. The summed E-state index contributed by atoms with van der Waals surface area (Å²) in [4.78, 5) is 26.4. The summed E-state index contributed by atoms with van der Waals surface area (Å²) in [5, 5.41) is 3.10. The average Bonchev–Trinajstić information content (AvgIpc) is 2.53. The van der Waals surface area contributed by atoms with Crippen LogP contribution >= 0.6 is 0 Å². The van der Waals surface area contributed by atoms with Gasteiger partial charge in [0, 0.05) is 32.0 Å². The Morgan fingerprint density at radius 1 is 1.09 bits per heavy atom. The zero-order valence-electron chi connectivity index (χ0n) is 14.3. The monoisotopic (exact) mass is 308 g/mol. The number of nitrogens with one attached hydrogen (secondary N) is 1. The molecule has 2 amide bonds. The topological polar surface area (TPSA) is 49.4 Å². The number of ketones is 1. The predicted molar refractivity (Wildman–Crippen MR) is 88.7 cm³/mol. The maximum Gasteiger partial charge on any atom is 0.317 e. The molecule has 4 nitrogen and oxygen atoms in total. The lowest BCUT2D eigenvalue weighted by Gasteiger charge is -2.33. The molecule has 22 heavy (non-hydrogen) atoms. The number of hydrogen-bond acceptors (Lipinski definition) is 2. The van der Waals surface area contributed by atoms with Crippen molar-refractivity contribution in [2.45, 2.75) is 65.2 Å². The number of hydrogen-bond donors (Lipinski definition) is 1. The molecule has 1 atom stereocenters. The molecule has 1 heterocycles. The maximum absolute atomic E-state index is 12.3. The van der Waals surface area contributed by atoms with E-state index in [1.54, 1.807) is 0 Å². The third-order valence-corrected chi connectivity index (χ3v) is 5.04. The van der Waals surface area contributed by atoms with Crippen LogP contribution in [0.5, 0.6) is 0 Å². The van der Waals surface area contributed by atoms with Gasteiger partial charge in [-0.25, -0.2) is 4.79 Å². The average molecular weight is 308 g/mol. The summed E-state index contributed by atoms with van der Waals surface area (Å²) < 4.78 is 0. The molecular weight excluding hydrogens is 276 g/mol. The second-order valence-corrected chi connectivity index (χ2v) is 7.54. The highest BCUT2D eigenvalue weighted by Gasteiger charge is 2.28. The first kappa shape index (κ1) is 17.3. The molecule has 126 valence electrons. The largest absolute Gasteiger partial charge is 0.338 e. The third-order valence-electron chi connectivity index (χ3n) is 5.04. The van der Waals surface area contributed by atoms with Gasteiger partial charge >= 0.3 is 6.03 Å². The van der Waals surface area contributed by atoms with E-state index < -0.39 is 0 Å². The summed E-state index contributed by atoms with van der Waals surface area (Å²) in [7, 11) is 0. The SMILES string of the molecule is CC(C)CC(=O)C1CCCN(C(=O)NCC2CCCCC2)C1. The zero-order valence-corrected chi connectivity index (χ0v) is 14.3. The highest BCUT2D eigenvalue weighted by atomic mass is 16.2. The van der Waals surface area contributed by atoms with Gasteiger partial charge in [0.1, 0.15) is 5.78 Å². The van der Waals surface area contributed by atoms with E-state index in [9.17, 15) is 9.59 Å². The first-order valence-electron chi connectivity index (χ1n) is 9.11. The minimum absolute atomic E-state index is 0.0348. The predicted octanol–water partition coefficient (Wildman–Crippen LogP) is 3.60. The fourth-order valence-electron chi connectivity index (χ4n) is 3.73. The Hall–Kier alpha value is -1.06. The third kappa shape index (κ3) is 5.29. The van der Waals surface area contributed by atoms with E-state index in [4.69, 9.17) is 0 Å². The van der Waals surface area contributed by atoms with E-state index in [1.165, 1.54) is 32.1 Å². The van der Waals surface area contributed by atoms with Gasteiger partial charge in [-0.05, 0) is 37.5 Å². The molecule has 1 aliphatic heterocycles. The molecule has 2 aliphatic rings. The molecule has 2 fully saturated rings. The van der Waals surface area contributed by atoms with Crippen molar-refractivity contribution in [3.63, 3.8) is 0 Å². The summed E-state index contributed by atoms with van der Waals surface area (Å²) in [5.74, 6) is 1.44. The van der Waals surface area contributed by atoms with Crippen LogP contribution in [0.15, 0.2) is 0 Å². The molecule has 0 aromatic rings. The van der Waals surface area contributed by atoms with Crippen molar-refractivity contribution in [3.05, 3.63) is 0 Å². The van der Waals surface area contributed by atoms with Crippen molar-refractivity contribution in [2.24, 2.45) is 17.8 Å². The quantitative estimate of drug-likeness (QED) is 0.843. The highest BCUT2D eigenvalue weighted by Crippen LogP contribution is 2.23. The number of amides is 2. The van der Waals surface area contributed by atoms with Gasteiger partial charge in [-0.2, -0.15) is 0 Å². The number of likely N-dealkylation sites (tertiary alicyclic amines) is 1. The van der Waals surface area contributed by atoms with E-state index in [-0.39, 0.29) is 11.9 Å². The molecule has 2 rings (SSSR count). The molecule has 1 saturated heterocycles. The normalized spacial score (nSPS) is 23.6. The molecule has 4 heteroatoms. The van der Waals surface area contributed by atoms with Crippen LogP contribution in [-0.2, 0) is 4.79 Å². The van der Waals surface area contributed by atoms with Gasteiger partial charge in [-0.15, -0.1) is 0 Å². The molecule has 0 spiro atoms. The highest BCUT2D eigenvalue weighted by molar-refractivity contribution is 5.82. The van der Waals surface area contributed by atoms with Gasteiger partial charge in [0.05, 0.1) is 0 Å². The van der Waals surface area contributed by atoms with Crippen molar-refractivity contribution in [2.75, 3.05) is 19.6 Å². The second kappa shape index (κ2) is 8.54. The first-order chi connectivity index (χ1) is 10.6. The number of carbonyl (C=O) groups excluding carboxylic acids is 2. The lowest BCUT2D eigenvalue weighted by molar-refractivity contribution is -0.124. The van der Waals surface area contributed by atoms with Gasteiger partial charge in [0.25, 0.3) is 0 Å². The fourth-order valence-corrected chi connectivity index (χ4v) is 3.73. The molecule has 1 N–H and O–H groups in total. The summed E-state index contributed by atoms with van der Waals surface area (Å²) in [6, 6.07) is 0.0348. The number of nitrogens with zero attached hydrogens (tertiary/aromatic N) is 1. The van der Waals surface area contributed by atoms with Gasteiger partial charge in [0.2, 0.25) is 0 Å². The standard InChI is InChI=1S/C18H32N2O2/c1-14(2)11-17(21)16-9-6-10-20(13-16)18(22)19-12-15-7-4-3-5-8-15/h14-16H,3-13H2,1-2H3,(H,19,22). The van der Waals surface area contributed by atoms with E-state index in [0.29, 0.717) is 30.6 Å². The van der Waals surface area contributed by atoms with Crippen LogP contribution in [-0.4, -0.2) is 36.3 Å². The summed E-state index contributed by atoms with van der Waals surface area (Å²) in [6.07, 6.45) is 8.97. The van der Waals surface area contributed by atoms with Crippen LogP contribution in [0, 0.1) is 17.8 Å². The fraction of sp³-hybridized carbons (Fsp3) is 0.889. The molecule has 0 aromatic heterocycles. The van der Waals surface area contributed by atoms with E-state index >= 15 is 0 Å². The van der Waals surface area contributed by atoms with Crippen LogP contribution in [0.2, 0.25) is 0 Å².